The fourth-order valence-corrected chi connectivity index (χ4v) is 3.48. The Labute approximate surface area is 106 Å². The Hall–Kier alpha value is -0.740. The summed E-state index contributed by atoms with van der Waals surface area (Å²) in [4.78, 5) is 16.5. The lowest BCUT2D eigenvalue weighted by Gasteiger charge is -2.35. The molecule has 2 rings (SSSR count). The van der Waals surface area contributed by atoms with Crippen LogP contribution in [0, 0.1) is 0 Å². The van der Waals surface area contributed by atoms with Gasteiger partial charge in [0, 0.05) is 19.7 Å². The van der Waals surface area contributed by atoms with Crippen LogP contribution < -0.4 is 0 Å². The van der Waals surface area contributed by atoms with E-state index >= 15 is 0 Å². The number of carbonyl (C=O) groups is 1. The third kappa shape index (κ3) is 2.58. The van der Waals surface area contributed by atoms with Gasteiger partial charge in [0.15, 0.2) is 5.78 Å². The first-order valence-electron chi connectivity index (χ1n) is 6.29. The van der Waals surface area contributed by atoms with E-state index in [1.54, 1.807) is 13.1 Å². The first-order chi connectivity index (χ1) is 8.18. The van der Waals surface area contributed by atoms with Crippen molar-refractivity contribution in [2.75, 3.05) is 6.61 Å². The molecule has 0 spiro atoms. The fourth-order valence-electron chi connectivity index (χ4n) is 2.47. The van der Waals surface area contributed by atoms with E-state index in [2.05, 4.69) is 4.98 Å². The standard InChI is InChI=1S/C13H19NO2S/c1-3-16-13(7-5-4-6-8-13)12-14-9-11(17-12)10(2)15/h9H,3-8H2,1-2H3. The number of hydrogen-bond acceptors (Lipinski definition) is 4. The van der Waals surface area contributed by atoms with Crippen molar-refractivity contribution in [3.05, 3.63) is 16.1 Å². The molecule has 17 heavy (non-hydrogen) atoms. The molecule has 0 radical (unpaired) electrons. The van der Waals surface area contributed by atoms with E-state index in [-0.39, 0.29) is 11.4 Å². The molecule has 0 aliphatic heterocycles. The number of ether oxygens (including phenoxy) is 1. The normalized spacial score (nSPS) is 19.2. The number of carbonyl (C=O) groups excluding carboxylic acids is 1. The zero-order valence-electron chi connectivity index (χ0n) is 10.5. The quantitative estimate of drug-likeness (QED) is 0.770. The minimum Gasteiger partial charge on any atom is -0.368 e. The van der Waals surface area contributed by atoms with Gasteiger partial charge in [-0.15, -0.1) is 11.3 Å². The Balaban J connectivity index is 2.27. The molecule has 4 heteroatoms. The summed E-state index contributed by atoms with van der Waals surface area (Å²) in [6.07, 6.45) is 7.42. The predicted octanol–water partition coefficient (Wildman–Crippen LogP) is 3.54. The monoisotopic (exact) mass is 253 g/mol. The third-order valence-corrected chi connectivity index (χ3v) is 4.61. The van der Waals surface area contributed by atoms with Gasteiger partial charge in [0.05, 0.1) is 4.88 Å². The summed E-state index contributed by atoms with van der Waals surface area (Å²) in [7, 11) is 0. The first-order valence-corrected chi connectivity index (χ1v) is 7.11. The molecule has 1 aromatic rings. The smallest absolute Gasteiger partial charge is 0.171 e. The van der Waals surface area contributed by atoms with Crippen molar-refractivity contribution >= 4 is 17.1 Å². The van der Waals surface area contributed by atoms with Gasteiger partial charge in [-0.25, -0.2) is 4.98 Å². The topological polar surface area (TPSA) is 39.2 Å². The highest BCUT2D eigenvalue weighted by Crippen LogP contribution is 2.42. The molecule has 0 saturated heterocycles. The molecule has 0 aromatic carbocycles. The number of hydrogen-bond donors (Lipinski definition) is 0. The van der Waals surface area contributed by atoms with Gasteiger partial charge >= 0.3 is 0 Å². The summed E-state index contributed by atoms with van der Waals surface area (Å²) in [5.41, 5.74) is -0.217. The average molecular weight is 253 g/mol. The van der Waals surface area contributed by atoms with Gasteiger partial charge in [-0.2, -0.15) is 0 Å². The number of aromatic nitrogens is 1. The molecule has 0 bridgehead atoms. The molecule has 94 valence electrons. The predicted molar refractivity (Wildman–Crippen MR) is 68.5 cm³/mol. The van der Waals surface area contributed by atoms with Crippen LogP contribution in [0.5, 0.6) is 0 Å². The summed E-state index contributed by atoms with van der Waals surface area (Å²) in [5, 5.41) is 0.990. The second-order valence-corrected chi connectivity index (χ2v) is 5.60. The molecule has 0 atom stereocenters. The van der Waals surface area contributed by atoms with Gasteiger partial charge in [0.1, 0.15) is 10.6 Å². The van der Waals surface area contributed by atoms with E-state index in [1.165, 1.54) is 30.6 Å². The van der Waals surface area contributed by atoms with Crippen LogP contribution in [0.2, 0.25) is 0 Å². The molecule has 1 fully saturated rings. The summed E-state index contributed by atoms with van der Waals surface area (Å²) in [6.45, 7) is 4.32. The van der Waals surface area contributed by atoms with Gasteiger partial charge in [-0.3, -0.25) is 4.79 Å². The van der Waals surface area contributed by atoms with Crippen molar-refractivity contribution in [3.63, 3.8) is 0 Å². The molecule has 1 saturated carbocycles. The molecule has 0 amide bonds. The SMILES string of the molecule is CCOC1(c2ncc(C(C)=O)s2)CCCCC1. The van der Waals surface area contributed by atoms with Crippen LogP contribution in [0.1, 0.15) is 60.6 Å². The third-order valence-electron chi connectivity index (χ3n) is 3.32. The van der Waals surface area contributed by atoms with Crippen molar-refractivity contribution in [2.45, 2.75) is 51.6 Å². The van der Waals surface area contributed by atoms with Gasteiger partial charge in [0.25, 0.3) is 0 Å². The Morgan fingerprint density at radius 1 is 1.47 bits per heavy atom. The molecule has 1 heterocycles. The number of thiazole rings is 1. The summed E-state index contributed by atoms with van der Waals surface area (Å²) in [5.74, 6) is 0.0937. The minimum atomic E-state index is -0.217. The van der Waals surface area contributed by atoms with E-state index in [4.69, 9.17) is 4.74 Å². The second-order valence-electron chi connectivity index (χ2n) is 4.57. The molecule has 1 aliphatic carbocycles. The van der Waals surface area contributed by atoms with Crippen LogP contribution >= 0.6 is 11.3 Å². The second kappa shape index (κ2) is 5.27. The van der Waals surface area contributed by atoms with Crippen LogP contribution in [0.4, 0.5) is 0 Å². The van der Waals surface area contributed by atoms with Crippen molar-refractivity contribution in [2.24, 2.45) is 0 Å². The van der Waals surface area contributed by atoms with Gasteiger partial charge in [0.2, 0.25) is 0 Å². The zero-order valence-corrected chi connectivity index (χ0v) is 11.3. The number of Topliss-reactive ketones (excluding diaryl/α,β-unsaturated/α-hetero) is 1. The van der Waals surface area contributed by atoms with Gasteiger partial charge < -0.3 is 4.74 Å². The van der Waals surface area contributed by atoms with E-state index in [0.29, 0.717) is 6.61 Å². The Morgan fingerprint density at radius 2 is 2.18 bits per heavy atom. The van der Waals surface area contributed by atoms with Crippen molar-refractivity contribution in [1.29, 1.82) is 0 Å². The zero-order chi connectivity index (χ0) is 12.3. The molecule has 3 nitrogen and oxygen atoms in total. The maximum absolute atomic E-state index is 11.3. The number of ketones is 1. The molecular weight excluding hydrogens is 234 g/mol. The van der Waals surface area contributed by atoms with Gasteiger partial charge in [-0.05, 0) is 19.8 Å². The fraction of sp³-hybridized carbons (Fsp3) is 0.692. The molecule has 0 unspecified atom stereocenters. The highest BCUT2D eigenvalue weighted by molar-refractivity contribution is 7.13. The lowest BCUT2D eigenvalue weighted by Crippen LogP contribution is -2.32. The lowest BCUT2D eigenvalue weighted by atomic mass is 9.85. The highest BCUT2D eigenvalue weighted by atomic mass is 32.1. The summed E-state index contributed by atoms with van der Waals surface area (Å²) >= 11 is 1.50. The summed E-state index contributed by atoms with van der Waals surface area (Å²) in [6, 6.07) is 0. The van der Waals surface area contributed by atoms with Crippen LogP contribution in [0.15, 0.2) is 6.20 Å². The summed E-state index contributed by atoms with van der Waals surface area (Å²) < 4.78 is 5.99. The Morgan fingerprint density at radius 3 is 2.71 bits per heavy atom. The van der Waals surface area contributed by atoms with Gasteiger partial charge in [-0.1, -0.05) is 19.3 Å². The molecule has 1 aliphatic rings. The van der Waals surface area contributed by atoms with Crippen molar-refractivity contribution in [1.82, 2.24) is 4.98 Å². The average Bonchev–Trinajstić information content (AvgIpc) is 2.80. The molecular formula is C13H19NO2S. The van der Waals surface area contributed by atoms with Crippen molar-refractivity contribution in [3.8, 4) is 0 Å². The Kier molecular flexibility index (Phi) is 3.94. The largest absolute Gasteiger partial charge is 0.368 e. The van der Waals surface area contributed by atoms with Crippen LogP contribution in [0.25, 0.3) is 0 Å². The maximum Gasteiger partial charge on any atom is 0.171 e. The van der Waals surface area contributed by atoms with Crippen LogP contribution in [-0.2, 0) is 10.3 Å². The van der Waals surface area contributed by atoms with Crippen LogP contribution in [-0.4, -0.2) is 17.4 Å². The number of rotatable bonds is 4. The molecule has 1 aromatic heterocycles. The van der Waals surface area contributed by atoms with E-state index in [0.717, 1.165) is 22.7 Å². The number of nitrogens with zero attached hydrogens (tertiary/aromatic N) is 1. The highest BCUT2D eigenvalue weighted by Gasteiger charge is 2.37. The van der Waals surface area contributed by atoms with E-state index < -0.39 is 0 Å². The van der Waals surface area contributed by atoms with E-state index in [1.807, 2.05) is 6.92 Å². The minimum absolute atomic E-state index is 0.0937. The van der Waals surface area contributed by atoms with Crippen molar-refractivity contribution < 1.29 is 9.53 Å². The van der Waals surface area contributed by atoms with E-state index in [9.17, 15) is 4.79 Å². The van der Waals surface area contributed by atoms with Crippen LogP contribution in [0.3, 0.4) is 0 Å². The maximum atomic E-state index is 11.3. The molecule has 0 N–H and O–H groups in total. The lowest BCUT2D eigenvalue weighted by molar-refractivity contribution is -0.0704. The first kappa shape index (κ1) is 12.7. The Bertz CT molecular complexity index is 388.